The molecular formula is C17H17N3. The Morgan fingerprint density at radius 2 is 1.70 bits per heavy atom. The van der Waals surface area contributed by atoms with Crippen molar-refractivity contribution >= 4 is 0 Å². The molecule has 1 aromatic carbocycles. The summed E-state index contributed by atoms with van der Waals surface area (Å²) in [6.45, 7) is 6.29. The first-order valence-electron chi connectivity index (χ1n) is 6.70. The topological polar surface area (TPSA) is 30.7 Å². The molecule has 0 aliphatic carbocycles. The SMILES string of the molecule is Cc1cccc(C)c1-n1cc(-c2cccnc2)nc1C. The number of hydrogen-bond donors (Lipinski definition) is 0. The van der Waals surface area contributed by atoms with Gasteiger partial charge >= 0.3 is 0 Å². The Labute approximate surface area is 118 Å². The van der Waals surface area contributed by atoms with Gasteiger partial charge in [-0.05, 0) is 44.0 Å². The van der Waals surface area contributed by atoms with Crippen LogP contribution in [0.25, 0.3) is 16.9 Å². The second-order valence-electron chi connectivity index (χ2n) is 5.03. The third-order valence-corrected chi connectivity index (χ3v) is 3.52. The van der Waals surface area contributed by atoms with E-state index >= 15 is 0 Å². The summed E-state index contributed by atoms with van der Waals surface area (Å²) < 4.78 is 2.16. The Balaban J connectivity index is 2.15. The molecule has 3 aromatic rings. The van der Waals surface area contributed by atoms with E-state index < -0.39 is 0 Å². The highest BCUT2D eigenvalue weighted by atomic mass is 15.1. The number of aromatic nitrogens is 3. The molecule has 0 aliphatic rings. The Morgan fingerprint density at radius 3 is 2.35 bits per heavy atom. The molecular weight excluding hydrogens is 246 g/mol. The zero-order chi connectivity index (χ0) is 14.1. The monoisotopic (exact) mass is 263 g/mol. The summed E-state index contributed by atoms with van der Waals surface area (Å²) in [4.78, 5) is 8.82. The average molecular weight is 263 g/mol. The average Bonchev–Trinajstić information content (AvgIpc) is 2.82. The van der Waals surface area contributed by atoms with Gasteiger partial charge in [-0.25, -0.2) is 4.98 Å². The molecule has 0 unspecified atom stereocenters. The third kappa shape index (κ3) is 2.11. The van der Waals surface area contributed by atoms with E-state index in [1.54, 1.807) is 6.20 Å². The van der Waals surface area contributed by atoms with Gasteiger partial charge in [0.2, 0.25) is 0 Å². The Hall–Kier alpha value is -2.42. The van der Waals surface area contributed by atoms with Gasteiger partial charge in [0, 0.05) is 24.2 Å². The molecule has 0 saturated carbocycles. The standard InChI is InChI=1S/C17H17N3/c1-12-6-4-7-13(2)17(12)20-11-16(19-14(20)3)15-8-5-9-18-10-15/h4-11H,1-3H3. The molecule has 0 amide bonds. The summed E-state index contributed by atoms with van der Waals surface area (Å²) in [7, 11) is 0. The molecule has 2 heterocycles. The minimum atomic E-state index is 0.957. The van der Waals surface area contributed by atoms with Gasteiger partial charge < -0.3 is 4.57 Å². The van der Waals surface area contributed by atoms with Crippen molar-refractivity contribution in [2.75, 3.05) is 0 Å². The van der Waals surface area contributed by atoms with Gasteiger partial charge in [0.15, 0.2) is 0 Å². The van der Waals surface area contributed by atoms with E-state index in [2.05, 4.69) is 52.8 Å². The number of benzene rings is 1. The van der Waals surface area contributed by atoms with Crippen LogP contribution in [0, 0.1) is 20.8 Å². The van der Waals surface area contributed by atoms with Crippen LogP contribution >= 0.6 is 0 Å². The fraction of sp³-hybridized carbons (Fsp3) is 0.176. The first-order valence-corrected chi connectivity index (χ1v) is 6.70. The lowest BCUT2D eigenvalue weighted by Crippen LogP contribution is -2.00. The van der Waals surface area contributed by atoms with Crippen molar-refractivity contribution in [3.63, 3.8) is 0 Å². The second-order valence-corrected chi connectivity index (χ2v) is 5.03. The minimum absolute atomic E-state index is 0.957. The molecule has 0 bridgehead atoms. The van der Waals surface area contributed by atoms with Crippen molar-refractivity contribution in [3.8, 4) is 16.9 Å². The first-order chi connectivity index (χ1) is 9.66. The summed E-state index contributed by atoms with van der Waals surface area (Å²) >= 11 is 0. The fourth-order valence-electron chi connectivity index (χ4n) is 2.54. The van der Waals surface area contributed by atoms with E-state index in [-0.39, 0.29) is 0 Å². The lowest BCUT2D eigenvalue weighted by molar-refractivity contribution is 0.954. The van der Waals surface area contributed by atoms with E-state index in [1.165, 1.54) is 16.8 Å². The van der Waals surface area contributed by atoms with Gasteiger partial charge in [0.25, 0.3) is 0 Å². The predicted molar refractivity (Wildman–Crippen MR) is 81.0 cm³/mol. The Kier molecular flexibility index (Phi) is 3.11. The molecule has 0 atom stereocenters. The van der Waals surface area contributed by atoms with Crippen LogP contribution in [0.1, 0.15) is 17.0 Å². The number of imidazole rings is 1. The molecule has 0 spiro atoms. The lowest BCUT2D eigenvalue weighted by Gasteiger charge is -2.11. The van der Waals surface area contributed by atoms with Crippen molar-refractivity contribution in [1.29, 1.82) is 0 Å². The van der Waals surface area contributed by atoms with Crippen LogP contribution in [0.4, 0.5) is 0 Å². The normalized spacial score (nSPS) is 10.8. The van der Waals surface area contributed by atoms with Crippen LogP contribution in [0.15, 0.2) is 48.9 Å². The zero-order valence-electron chi connectivity index (χ0n) is 12.0. The molecule has 0 N–H and O–H groups in total. The molecule has 20 heavy (non-hydrogen) atoms. The predicted octanol–water partition coefficient (Wildman–Crippen LogP) is 3.86. The fourth-order valence-corrected chi connectivity index (χ4v) is 2.54. The van der Waals surface area contributed by atoms with Crippen molar-refractivity contribution in [2.24, 2.45) is 0 Å². The molecule has 0 fully saturated rings. The summed E-state index contributed by atoms with van der Waals surface area (Å²) in [5.74, 6) is 0.987. The molecule has 3 nitrogen and oxygen atoms in total. The maximum absolute atomic E-state index is 4.66. The van der Waals surface area contributed by atoms with Crippen LogP contribution in [0.5, 0.6) is 0 Å². The largest absolute Gasteiger partial charge is 0.303 e. The molecule has 3 rings (SSSR count). The second kappa shape index (κ2) is 4.93. The van der Waals surface area contributed by atoms with Crippen LogP contribution in [-0.2, 0) is 0 Å². The highest BCUT2D eigenvalue weighted by Gasteiger charge is 2.11. The quantitative estimate of drug-likeness (QED) is 0.703. The molecule has 0 aliphatic heterocycles. The van der Waals surface area contributed by atoms with Gasteiger partial charge in [-0.1, -0.05) is 18.2 Å². The Bertz CT molecular complexity index is 722. The number of aryl methyl sites for hydroxylation is 3. The van der Waals surface area contributed by atoms with Gasteiger partial charge in [0.05, 0.1) is 11.4 Å². The zero-order valence-corrected chi connectivity index (χ0v) is 12.0. The first kappa shape index (κ1) is 12.6. The van der Waals surface area contributed by atoms with Gasteiger partial charge in [-0.15, -0.1) is 0 Å². The molecule has 0 saturated heterocycles. The maximum atomic E-state index is 4.66. The number of hydrogen-bond acceptors (Lipinski definition) is 2. The summed E-state index contributed by atoms with van der Waals surface area (Å²) in [6.07, 6.45) is 5.71. The maximum Gasteiger partial charge on any atom is 0.110 e. The molecule has 3 heteroatoms. The lowest BCUT2D eigenvalue weighted by atomic mass is 10.1. The van der Waals surface area contributed by atoms with Crippen molar-refractivity contribution in [2.45, 2.75) is 20.8 Å². The van der Waals surface area contributed by atoms with Crippen LogP contribution < -0.4 is 0 Å². The summed E-state index contributed by atoms with van der Waals surface area (Å²) in [5.41, 5.74) is 5.72. The van der Waals surface area contributed by atoms with Crippen molar-refractivity contribution < 1.29 is 0 Å². The molecule has 100 valence electrons. The molecule has 2 aromatic heterocycles. The molecule has 0 radical (unpaired) electrons. The summed E-state index contributed by atoms with van der Waals surface area (Å²) in [6, 6.07) is 10.3. The van der Waals surface area contributed by atoms with Gasteiger partial charge in [-0.3, -0.25) is 4.98 Å². The highest BCUT2D eigenvalue weighted by molar-refractivity contribution is 5.59. The van der Waals surface area contributed by atoms with E-state index in [9.17, 15) is 0 Å². The van der Waals surface area contributed by atoms with Crippen LogP contribution in [0.2, 0.25) is 0 Å². The smallest absolute Gasteiger partial charge is 0.110 e. The Morgan fingerprint density at radius 1 is 0.950 bits per heavy atom. The highest BCUT2D eigenvalue weighted by Crippen LogP contribution is 2.24. The van der Waals surface area contributed by atoms with Crippen molar-refractivity contribution in [3.05, 3.63) is 65.9 Å². The summed E-state index contributed by atoms with van der Waals surface area (Å²) in [5, 5.41) is 0. The van der Waals surface area contributed by atoms with Crippen LogP contribution in [0.3, 0.4) is 0 Å². The number of rotatable bonds is 2. The van der Waals surface area contributed by atoms with Crippen molar-refractivity contribution in [1.82, 2.24) is 14.5 Å². The minimum Gasteiger partial charge on any atom is -0.303 e. The number of pyridine rings is 1. The van der Waals surface area contributed by atoms with E-state index in [0.29, 0.717) is 0 Å². The number of para-hydroxylation sites is 1. The van der Waals surface area contributed by atoms with E-state index in [0.717, 1.165) is 17.1 Å². The third-order valence-electron chi connectivity index (χ3n) is 3.52. The number of nitrogens with zero attached hydrogens (tertiary/aromatic N) is 3. The van der Waals surface area contributed by atoms with Crippen LogP contribution in [-0.4, -0.2) is 14.5 Å². The van der Waals surface area contributed by atoms with E-state index in [4.69, 9.17) is 0 Å². The van der Waals surface area contributed by atoms with E-state index in [1.807, 2.05) is 25.3 Å². The van der Waals surface area contributed by atoms with Gasteiger partial charge in [0.1, 0.15) is 5.82 Å². The van der Waals surface area contributed by atoms with Gasteiger partial charge in [-0.2, -0.15) is 0 Å².